The van der Waals surface area contributed by atoms with Crippen molar-refractivity contribution in [2.75, 3.05) is 18.5 Å². The maximum atomic E-state index is 12.4. The van der Waals surface area contributed by atoms with Crippen LogP contribution >= 0.6 is 0 Å². The Balaban J connectivity index is 1.51. The fourth-order valence-corrected chi connectivity index (χ4v) is 3.32. The minimum Gasteiger partial charge on any atom is -0.486 e. The van der Waals surface area contributed by atoms with E-state index in [1.54, 1.807) is 6.07 Å². The lowest BCUT2D eigenvalue weighted by Crippen LogP contribution is -2.18. The van der Waals surface area contributed by atoms with Crippen LogP contribution in [0.25, 0.3) is 10.9 Å². The van der Waals surface area contributed by atoms with Crippen molar-refractivity contribution >= 4 is 22.5 Å². The first kappa shape index (κ1) is 18.1. The average molecular weight is 378 g/mol. The largest absolute Gasteiger partial charge is 0.486 e. The van der Waals surface area contributed by atoms with E-state index in [4.69, 9.17) is 9.47 Å². The molecule has 28 heavy (non-hydrogen) atoms. The Labute approximate surface area is 162 Å². The number of benzene rings is 2. The Kier molecular flexibility index (Phi) is 4.77. The van der Waals surface area contributed by atoms with Gasteiger partial charge in [-0.2, -0.15) is 0 Å². The number of aryl methyl sites for hydroxylation is 2. The number of fused-ring (bicyclic) bond motifs is 2. The van der Waals surface area contributed by atoms with Crippen LogP contribution < -0.4 is 20.3 Å². The smallest absolute Gasteiger partial charge is 0.251 e. The molecule has 6 nitrogen and oxygen atoms in total. The van der Waals surface area contributed by atoms with E-state index < -0.39 is 0 Å². The number of rotatable bonds is 4. The summed E-state index contributed by atoms with van der Waals surface area (Å²) in [5, 5.41) is 3.79. The molecule has 0 unspecified atom stereocenters. The fourth-order valence-electron chi connectivity index (χ4n) is 3.32. The van der Waals surface area contributed by atoms with Crippen LogP contribution in [-0.2, 0) is 11.2 Å². The van der Waals surface area contributed by atoms with E-state index in [-0.39, 0.29) is 17.9 Å². The lowest BCUT2D eigenvalue weighted by Gasteiger charge is -2.18. The number of ether oxygens (including phenoxy) is 2. The summed E-state index contributed by atoms with van der Waals surface area (Å²) in [5.74, 6) is 1.19. The molecule has 2 heterocycles. The fraction of sp³-hybridized carbons (Fsp3) is 0.273. The summed E-state index contributed by atoms with van der Waals surface area (Å²) in [4.78, 5) is 27.6. The SMILES string of the molecule is Cc1cccc(NC(=O)CCc2cc3cc4c(cc3[nH]c2=O)OCCO4)c1C. The molecular weight excluding hydrogens is 356 g/mol. The highest BCUT2D eigenvalue weighted by atomic mass is 16.6. The number of H-pyrrole nitrogens is 1. The molecule has 0 saturated heterocycles. The summed E-state index contributed by atoms with van der Waals surface area (Å²) < 4.78 is 11.2. The minimum absolute atomic E-state index is 0.115. The van der Waals surface area contributed by atoms with Gasteiger partial charge in [-0.1, -0.05) is 12.1 Å². The first-order valence-corrected chi connectivity index (χ1v) is 9.33. The van der Waals surface area contributed by atoms with Gasteiger partial charge >= 0.3 is 0 Å². The van der Waals surface area contributed by atoms with Crippen molar-refractivity contribution in [1.82, 2.24) is 4.98 Å². The molecule has 144 valence electrons. The van der Waals surface area contributed by atoms with Gasteiger partial charge < -0.3 is 19.8 Å². The molecule has 0 aliphatic carbocycles. The topological polar surface area (TPSA) is 80.4 Å². The third-order valence-corrected chi connectivity index (χ3v) is 5.08. The van der Waals surface area contributed by atoms with Gasteiger partial charge in [0.2, 0.25) is 5.91 Å². The van der Waals surface area contributed by atoms with Gasteiger partial charge in [-0.15, -0.1) is 0 Å². The van der Waals surface area contributed by atoms with Crippen LogP contribution in [0.1, 0.15) is 23.1 Å². The van der Waals surface area contributed by atoms with Crippen molar-refractivity contribution < 1.29 is 14.3 Å². The van der Waals surface area contributed by atoms with Gasteiger partial charge in [-0.3, -0.25) is 9.59 Å². The number of carbonyl (C=O) groups excluding carboxylic acids is 1. The molecule has 1 aliphatic heterocycles. The molecule has 1 aromatic heterocycles. The number of aromatic nitrogens is 1. The lowest BCUT2D eigenvalue weighted by molar-refractivity contribution is -0.116. The standard InChI is InChI=1S/C22H22N2O4/c1-13-4-3-5-17(14(13)2)23-21(25)7-6-15-10-16-11-19-20(28-9-8-27-19)12-18(16)24-22(15)26/h3-5,10-12H,6-9H2,1-2H3,(H,23,25)(H,24,26). The Morgan fingerprint density at radius 2 is 1.86 bits per heavy atom. The van der Waals surface area contributed by atoms with Crippen LogP contribution in [0, 0.1) is 13.8 Å². The van der Waals surface area contributed by atoms with Crippen LogP contribution in [0.4, 0.5) is 5.69 Å². The summed E-state index contributed by atoms with van der Waals surface area (Å²) in [6, 6.07) is 11.3. The predicted molar refractivity (Wildman–Crippen MR) is 108 cm³/mol. The number of hydrogen-bond donors (Lipinski definition) is 2. The Bertz CT molecular complexity index is 1120. The van der Waals surface area contributed by atoms with Crippen molar-refractivity contribution in [3.8, 4) is 11.5 Å². The minimum atomic E-state index is -0.191. The van der Waals surface area contributed by atoms with Crippen molar-refractivity contribution in [2.24, 2.45) is 0 Å². The van der Waals surface area contributed by atoms with Crippen LogP contribution in [0.2, 0.25) is 0 Å². The summed E-state index contributed by atoms with van der Waals surface area (Å²) in [6.07, 6.45) is 0.586. The molecule has 6 heteroatoms. The van der Waals surface area contributed by atoms with E-state index in [1.165, 1.54) is 0 Å². The van der Waals surface area contributed by atoms with E-state index in [2.05, 4.69) is 10.3 Å². The number of anilines is 1. The number of nitrogens with one attached hydrogen (secondary N) is 2. The lowest BCUT2D eigenvalue weighted by atomic mass is 10.1. The molecule has 1 amide bonds. The van der Waals surface area contributed by atoms with Crippen molar-refractivity contribution in [3.05, 3.63) is 63.4 Å². The third-order valence-electron chi connectivity index (χ3n) is 5.08. The second kappa shape index (κ2) is 7.38. The molecule has 0 saturated carbocycles. The number of aromatic amines is 1. The van der Waals surface area contributed by atoms with Crippen molar-refractivity contribution in [3.63, 3.8) is 0 Å². The molecule has 4 rings (SSSR count). The maximum absolute atomic E-state index is 12.4. The molecule has 3 aromatic rings. The monoisotopic (exact) mass is 378 g/mol. The summed E-state index contributed by atoms with van der Waals surface area (Å²) >= 11 is 0. The number of hydrogen-bond acceptors (Lipinski definition) is 4. The zero-order valence-electron chi connectivity index (χ0n) is 15.9. The zero-order valence-corrected chi connectivity index (χ0v) is 15.9. The Morgan fingerprint density at radius 3 is 2.64 bits per heavy atom. The molecule has 0 atom stereocenters. The number of pyridine rings is 1. The first-order chi connectivity index (χ1) is 13.5. The average Bonchev–Trinajstić information content (AvgIpc) is 2.68. The van der Waals surface area contributed by atoms with Crippen LogP contribution in [0.15, 0.2) is 41.2 Å². The highest BCUT2D eigenvalue weighted by Gasteiger charge is 2.14. The molecule has 2 aromatic carbocycles. The number of amides is 1. The highest BCUT2D eigenvalue weighted by Crippen LogP contribution is 2.33. The zero-order chi connectivity index (χ0) is 19.7. The van der Waals surface area contributed by atoms with Crippen molar-refractivity contribution in [1.29, 1.82) is 0 Å². The summed E-state index contributed by atoms with van der Waals surface area (Å²) in [6.45, 7) is 4.99. The first-order valence-electron chi connectivity index (χ1n) is 9.33. The van der Waals surface area contributed by atoms with Crippen LogP contribution in [0.3, 0.4) is 0 Å². The van der Waals surface area contributed by atoms with Crippen molar-refractivity contribution in [2.45, 2.75) is 26.7 Å². The van der Waals surface area contributed by atoms with E-state index in [1.807, 2.05) is 44.2 Å². The van der Waals surface area contributed by atoms with Crippen LogP contribution in [0.5, 0.6) is 11.5 Å². The summed E-state index contributed by atoms with van der Waals surface area (Å²) in [5.41, 5.74) is 4.05. The number of carbonyl (C=O) groups is 1. The highest BCUT2D eigenvalue weighted by molar-refractivity contribution is 5.92. The molecule has 0 fully saturated rings. The molecule has 0 bridgehead atoms. The molecule has 2 N–H and O–H groups in total. The van der Waals surface area contributed by atoms with E-state index in [0.717, 1.165) is 22.2 Å². The van der Waals surface area contributed by atoms with Gasteiger partial charge in [0.1, 0.15) is 13.2 Å². The van der Waals surface area contributed by atoms with Gasteiger partial charge in [0.05, 0.1) is 5.52 Å². The molecule has 0 radical (unpaired) electrons. The quantitative estimate of drug-likeness (QED) is 0.728. The molecular formula is C22H22N2O4. The second-order valence-electron chi connectivity index (χ2n) is 7.00. The van der Waals surface area contributed by atoms with Gasteiger partial charge in [0.15, 0.2) is 11.5 Å². The second-order valence-corrected chi connectivity index (χ2v) is 7.00. The predicted octanol–water partition coefficient (Wildman–Crippen LogP) is 3.49. The van der Waals surface area contributed by atoms with Gasteiger partial charge in [-0.25, -0.2) is 0 Å². The maximum Gasteiger partial charge on any atom is 0.251 e. The Morgan fingerprint density at radius 1 is 1.11 bits per heavy atom. The van der Waals surface area contributed by atoms with E-state index in [9.17, 15) is 9.59 Å². The van der Waals surface area contributed by atoms with E-state index >= 15 is 0 Å². The Hall–Kier alpha value is -3.28. The summed E-state index contributed by atoms with van der Waals surface area (Å²) in [7, 11) is 0. The van der Waals surface area contributed by atoms with E-state index in [0.29, 0.717) is 42.2 Å². The molecule has 1 aliphatic rings. The van der Waals surface area contributed by atoms with Gasteiger partial charge in [0.25, 0.3) is 5.56 Å². The van der Waals surface area contributed by atoms with Gasteiger partial charge in [-0.05, 0) is 49.6 Å². The third kappa shape index (κ3) is 3.58. The van der Waals surface area contributed by atoms with Gasteiger partial charge in [0, 0.05) is 29.1 Å². The molecule has 0 spiro atoms. The normalized spacial score (nSPS) is 12.8. The van der Waals surface area contributed by atoms with Crippen LogP contribution in [-0.4, -0.2) is 24.1 Å².